The SMILES string of the molecule is CCCCN(CCO)c1cc(NCCC)nc(COC)n1. The van der Waals surface area contributed by atoms with Crippen LogP contribution in [0.4, 0.5) is 11.6 Å². The van der Waals surface area contributed by atoms with Crippen molar-refractivity contribution in [3.05, 3.63) is 11.9 Å². The van der Waals surface area contributed by atoms with Crippen LogP contribution in [0.5, 0.6) is 0 Å². The molecule has 6 heteroatoms. The van der Waals surface area contributed by atoms with Crippen molar-refractivity contribution in [2.75, 3.05) is 43.6 Å². The van der Waals surface area contributed by atoms with Gasteiger partial charge in [0.2, 0.25) is 0 Å². The number of hydrogen-bond acceptors (Lipinski definition) is 6. The summed E-state index contributed by atoms with van der Waals surface area (Å²) in [5.74, 6) is 2.32. The minimum Gasteiger partial charge on any atom is -0.395 e. The van der Waals surface area contributed by atoms with Crippen molar-refractivity contribution >= 4 is 11.6 Å². The molecule has 120 valence electrons. The van der Waals surface area contributed by atoms with Gasteiger partial charge in [-0.3, -0.25) is 0 Å². The van der Waals surface area contributed by atoms with Gasteiger partial charge in [-0.15, -0.1) is 0 Å². The topological polar surface area (TPSA) is 70.5 Å². The summed E-state index contributed by atoms with van der Waals surface area (Å²) in [4.78, 5) is 11.1. The maximum Gasteiger partial charge on any atom is 0.158 e. The number of aliphatic hydroxyl groups is 1. The van der Waals surface area contributed by atoms with Gasteiger partial charge in [0.15, 0.2) is 5.82 Å². The molecule has 0 spiro atoms. The van der Waals surface area contributed by atoms with Gasteiger partial charge in [-0.05, 0) is 12.8 Å². The van der Waals surface area contributed by atoms with Gasteiger partial charge < -0.3 is 20.1 Å². The van der Waals surface area contributed by atoms with Gasteiger partial charge >= 0.3 is 0 Å². The Kier molecular flexibility index (Phi) is 8.69. The molecule has 1 heterocycles. The fourth-order valence-electron chi connectivity index (χ4n) is 1.99. The molecule has 0 aliphatic rings. The van der Waals surface area contributed by atoms with Crippen LogP contribution < -0.4 is 10.2 Å². The minimum absolute atomic E-state index is 0.116. The van der Waals surface area contributed by atoms with Gasteiger partial charge in [0.05, 0.1) is 6.61 Å². The lowest BCUT2D eigenvalue weighted by Gasteiger charge is -2.23. The van der Waals surface area contributed by atoms with E-state index in [1.54, 1.807) is 7.11 Å². The van der Waals surface area contributed by atoms with Crippen molar-refractivity contribution in [3.63, 3.8) is 0 Å². The zero-order valence-electron chi connectivity index (χ0n) is 13.4. The summed E-state index contributed by atoms with van der Waals surface area (Å²) in [7, 11) is 1.64. The fourth-order valence-corrected chi connectivity index (χ4v) is 1.99. The molecule has 0 amide bonds. The molecule has 21 heavy (non-hydrogen) atoms. The maximum absolute atomic E-state index is 9.26. The highest BCUT2D eigenvalue weighted by Gasteiger charge is 2.11. The number of hydrogen-bond donors (Lipinski definition) is 2. The average molecular weight is 296 g/mol. The summed E-state index contributed by atoms with van der Waals surface area (Å²) in [5, 5.41) is 12.5. The van der Waals surface area contributed by atoms with Crippen LogP contribution in [0.1, 0.15) is 38.9 Å². The third-order valence-electron chi connectivity index (χ3n) is 3.06. The summed E-state index contributed by atoms with van der Waals surface area (Å²) in [6, 6.07) is 1.94. The van der Waals surface area contributed by atoms with E-state index in [0.29, 0.717) is 19.0 Å². The van der Waals surface area contributed by atoms with E-state index in [-0.39, 0.29) is 6.61 Å². The van der Waals surface area contributed by atoms with Crippen LogP contribution in [-0.4, -0.2) is 48.4 Å². The van der Waals surface area contributed by atoms with Crippen LogP contribution in [0.25, 0.3) is 0 Å². The third kappa shape index (κ3) is 6.27. The molecule has 0 atom stereocenters. The zero-order valence-corrected chi connectivity index (χ0v) is 13.4. The van der Waals surface area contributed by atoms with Crippen LogP contribution in [0, 0.1) is 0 Å². The van der Waals surface area contributed by atoms with Crippen molar-refractivity contribution in [1.82, 2.24) is 9.97 Å². The molecule has 6 nitrogen and oxygen atoms in total. The molecule has 2 N–H and O–H groups in total. The molecule has 0 saturated heterocycles. The van der Waals surface area contributed by atoms with Gasteiger partial charge in [-0.2, -0.15) is 0 Å². The summed E-state index contributed by atoms with van der Waals surface area (Å²) in [6.45, 7) is 7.11. The van der Waals surface area contributed by atoms with Crippen molar-refractivity contribution in [2.45, 2.75) is 39.7 Å². The molecule has 0 fully saturated rings. The van der Waals surface area contributed by atoms with Gasteiger partial charge in [0, 0.05) is 32.8 Å². The van der Waals surface area contributed by atoms with Crippen LogP contribution in [-0.2, 0) is 11.3 Å². The smallest absolute Gasteiger partial charge is 0.158 e. The molecule has 1 aromatic heterocycles. The van der Waals surface area contributed by atoms with Crippen molar-refractivity contribution in [3.8, 4) is 0 Å². The Morgan fingerprint density at radius 1 is 1.24 bits per heavy atom. The van der Waals surface area contributed by atoms with E-state index < -0.39 is 0 Å². The van der Waals surface area contributed by atoms with E-state index >= 15 is 0 Å². The Labute approximate surface area is 127 Å². The van der Waals surface area contributed by atoms with Crippen molar-refractivity contribution in [1.29, 1.82) is 0 Å². The van der Waals surface area contributed by atoms with Crippen LogP contribution in [0.3, 0.4) is 0 Å². The Bertz CT molecular complexity index is 401. The number of rotatable bonds is 11. The first-order chi connectivity index (χ1) is 10.2. The monoisotopic (exact) mass is 296 g/mol. The summed E-state index contributed by atoms with van der Waals surface area (Å²) in [6.07, 6.45) is 3.22. The highest BCUT2D eigenvalue weighted by atomic mass is 16.5. The highest BCUT2D eigenvalue weighted by Crippen LogP contribution is 2.17. The van der Waals surface area contributed by atoms with Crippen LogP contribution in [0.15, 0.2) is 6.07 Å². The van der Waals surface area contributed by atoms with E-state index in [1.807, 2.05) is 6.07 Å². The lowest BCUT2D eigenvalue weighted by atomic mass is 10.3. The van der Waals surface area contributed by atoms with E-state index in [4.69, 9.17) is 4.74 Å². The summed E-state index contributed by atoms with van der Waals surface area (Å²) in [5.41, 5.74) is 0. The van der Waals surface area contributed by atoms with E-state index in [2.05, 4.69) is 34.0 Å². The van der Waals surface area contributed by atoms with Gasteiger partial charge in [0.25, 0.3) is 0 Å². The van der Waals surface area contributed by atoms with Gasteiger partial charge in [0.1, 0.15) is 18.2 Å². The molecular formula is C15H28N4O2. The molecule has 0 aliphatic heterocycles. The van der Waals surface area contributed by atoms with Crippen LogP contribution >= 0.6 is 0 Å². The first kappa shape index (κ1) is 17.7. The van der Waals surface area contributed by atoms with E-state index in [0.717, 1.165) is 44.0 Å². The highest BCUT2D eigenvalue weighted by molar-refractivity contribution is 5.49. The number of methoxy groups -OCH3 is 1. The summed E-state index contributed by atoms with van der Waals surface area (Å²) < 4.78 is 5.14. The van der Waals surface area contributed by atoms with Crippen LogP contribution in [0.2, 0.25) is 0 Å². The quantitative estimate of drug-likeness (QED) is 0.651. The molecule has 0 saturated carbocycles. The van der Waals surface area contributed by atoms with E-state index in [9.17, 15) is 5.11 Å². The van der Waals surface area contributed by atoms with Crippen molar-refractivity contribution < 1.29 is 9.84 Å². The van der Waals surface area contributed by atoms with Gasteiger partial charge in [-0.1, -0.05) is 20.3 Å². The first-order valence-corrected chi connectivity index (χ1v) is 7.71. The largest absolute Gasteiger partial charge is 0.395 e. The predicted molar refractivity (Wildman–Crippen MR) is 85.7 cm³/mol. The second-order valence-corrected chi connectivity index (χ2v) is 4.95. The molecule has 0 bridgehead atoms. The molecule has 1 rings (SSSR count). The lowest BCUT2D eigenvalue weighted by Crippen LogP contribution is -2.29. The normalized spacial score (nSPS) is 10.7. The summed E-state index contributed by atoms with van der Waals surface area (Å²) >= 11 is 0. The number of unbranched alkanes of at least 4 members (excludes halogenated alkanes) is 1. The number of ether oxygens (including phenoxy) is 1. The molecule has 1 aromatic rings. The standard InChI is InChI=1S/C15H28N4O2/c1-4-6-8-19(9-10-20)15-11-13(16-7-5-2)17-14(18-15)12-21-3/h11,20H,4-10,12H2,1-3H3,(H,16,17,18). The molecule has 0 aromatic carbocycles. The second kappa shape index (κ2) is 10.3. The maximum atomic E-state index is 9.26. The van der Waals surface area contributed by atoms with Gasteiger partial charge in [-0.25, -0.2) is 9.97 Å². The number of nitrogens with zero attached hydrogens (tertiary/aromatic N) is 3. The zero-order chi connectivity index (χ0) is 15.5. The molecule has 0 unspecified atom stereocenters. The van der Waals surface area contributed by atoms with Crippen molar-refractivity contribution in [2.24, 2.45) is 0 Å². The number of anilines is 2. The Morgan fingerprint density at radius 3 is 2.67 bits per heavy atom. The molecular weight excluding hydrogens is 268 g/mol. The number of aromatic nitrogens is 2. The molecule has 0 aliphatic carbocycles. The first-order valence-electron chi connectivity index (χ1n) is 7.71. The minimum atomic E-state index is 0.116. The Balaban J connectivity index is 2.96. The Hall–Kier alpha value is -1.40. The third-order valence-corrected chi connectivity index (χ3v) is 3.06. The number of aliphatic hydroxyl groups excluding tert-OH is 1. The fraction of sp³-hybridized carbons (Fsp3) is 0.733. The predicted octanol–water partition coefficient (Wildman–Crippen LogP) is 2.04. The van der Waals surface area contributed by atoms with E-state index in [1.165, 1.54) is 0 Å². The second-order valence-electron chi connectivity index (χ2n) is 4.95. The lowest BCUT2D eigenvalue weighted by molar-refractivity contribution is 0.178. The Morgan fingerprint density at radius 2 is 2.05 bits per heavy atom. The molecule has 0 radical (unpaired) electrons. The number of nitrogens with one attached hydrogen (secondary N) is 1. The average Bonchev–Trinajstić information content (AvgIpc) is 2.49.